The number of pyridine rings is 1. The third-order valence-corrected chi connectivity index (χ3v) is 2.00. The summed E-state index contributed by atoms with van der Waals surface area (Å²) >= 11 is 0. The van der Waals surface area contributed by atoms with Crippen LogP contribution in [-0.2, 0) is 0 Å². The Bertz CT molecular complexity index is 468. The van der Waals surface area contributed by atoms with Gasteiger partial charge in [-0.05, 0) is 31.7 Å². The van der Waals surface area contributed by atoms with E-state index < -0.39 is 0 Å². The Morgan fingerprint density at radius 3 is 3.00 bits per heavy atom. The number of hydrogen-bond donors (Lipinski definition) is 1. The quantitative estimate of drug-likeness (QED) is 0.783. The lowest BCUT2D eigenvalue weighted by molar-refractivity contribution is 1.16. The molecule has 1 N–H and O–H groups in total. The smallest absolute Gasteiger partial charge is 0.149 e. The minimum atomic E-state index is 0.869. The van der Waals surface area contributed by atoms with Gasteiger partial charge in [0.1, 0.15) is 11.5 Å². The minimum Gasteiger partial charge on any atom is -0.346 e. The second-order valence-electron chi connectivity index (χ2n) is 3.24. The Hall–Kier alpha value is -1.77. The van der Waals surface area contributed by atoms with Gasteiger partial charge in [0.25, 0.3) is 0 Å². The van der Waals surface area contributed by atoms with Gasteiger partial charge < -0.3 is 9.72 Å². The van der Waals surface area contributed by atoms with E-state index in [1.54, 1.807) is 0 Å². The SMILES string of the molecule is C/C=C/Nc1cn2cc(C)ccc2n1. The number of hydrogen-bond acceptors (Lipinski definition) is 2. The maximum Gasteiger partial charge on any atom is 0.149 e. The number of fused-ring (bicyclic) bond motifs is 1. The molecule has 72 valence electrons. The summed E-state index contributed by atoms with van der Waals surface area (Å²) in [5, 5.41) is 3.09. The molecular formula is C11H13N3. The summed E-state index contributed by atoms with van der Waals surface area (Å²) in [7, 11) is 0. The predicted octanol–water partition coefficient (Wildman–Crippen LogP) is 2.59. The molecule has 2 aromatic rings. The van der Waals surface area contributed by atoms with Crippen molar-refractivity contribution in [2.24, 2.45) is 0 Å². The topological polar surface area (TPSA) is 29.3 Å². The van der Waals surface area contributed by atoms with Crippen molar-refractivity contribution in [3.8, 4) is 0 Å². The second-order valence-corrected chi connectivity index (χ2v) is 3.24. The van der Waals surface area contributed by atoms with Crippen LogP contribution >= 0.6 is 0 Å². The van der Waals surface area contributed by atoms with Gasteiger partial charge in [-0.3, -0.25) is 0 Å². The van der Waals surface area contributed by atoms with Crippen molar-refractivity contribution < 1.29 is 0 Å². The molecule has 0 aliphatic heterocycles. The van der Waals surface area contributed by atoms with E-state index in [4.69, 9.17) is 0 Å². The highest BCUT2D eigenvalue weighted by Crippen LogP contribution is 2.10. The van der Waals surface area contributed by atoms with E-state index in [-0.39, 0.29) is 0 Å². The summed E-state index contributed by atoms with van der Waals surface area (Å²) in [5.74, 6) is 0.869. The first-order valence-electron chi connectivity index (χ1n) is 4.62. The number of nitrogens with zero attached hydrogens (tertiary/aromatic N) is 2. The van der Waals surface area contributed by atoms with Crippen LogP contribution in [0.15, 0.2) is 36.8 Å². The lowest BCUT2D eigenvalue weighted by Gasteiger charge is -1.92. The Kier molecular flexibility index (Phi) is 2.23. The molecule has 0 amide bonds. The van der Waals surface area contributed by atoms with E-state index in [1.807, 2.05) is 35.9 Å². The maximum absolute atomic E-state index is 4.39. The molecule has 0 saturated heterocycles. The Labute approximate surface area is 83.1 Å². The van der Waals surface area contributed by atoms with Crippen LogP contribution in [0.1, 0.15) is 12.5 Å². The fourth-order valence-corrected chi connectivity index (χ4v) is 1.34. The Morgan fingerprint density at radius 2 is 2.21 bits per heavy atom. The zero-order chi connectivity index (χ0) is 9.97. The Balaban J connectivity index is 2.41. The van der Waals surface area contributed by atoms with Crippen molar-refractivity contribution in [2.75, 3.05) is 5.32 Å². The fraction of sp³-hybridized carbons (Fsp3) is 0.182. The van der Waals surface area contributed by atoms with E-state index >= 15 is 0 Å². The number of nitrogens with one attached hydrogen (secondary N) is 1. The normalized spacial score (nSPS) is 11.3. The third-order valence-electron chi connectivity index (χ3n) is 2.00. The molecule has 0 saturated carbocycles. The zero-order valence-corrected chi connectivity index (χ0v) is 8.36. The molecule has 0 aliphatic carbocycles. The van der Waals surface area contributed by atoms with Gasteiger partial charge in [-0.15, -0.1) is 0 Å². The molecule has 2 heterocycles. The van der Waals surface area contributed by atoms with E-state index in [0.717, 1.165) is 11.5 Å². The minimum absolute atomic E-state index is 0.869. The van der Waals surface area contributed by atoms with Crippen molar-refractivity contribution in [1.29, 1.82) is 0 Å². The van der Waals surface area contributed by atoms with Crippen molar-refractivity contribution in [2.45, 2.75) is 13.8 Å². The highest BCUT2D eigenvalue weighted by Gasteiger charge is 1.98. The van der Waals surface area contributed by atoms with Gasteiger partial charge in [-0.25, -0.2) is 4.98 Å². The molecule has 0 unspecified atom stereocenters. The molecule has 3 nitrogen and oxygen atoms in total. The standard InChI is InChI=1S/C11H13N3/c1-3-6-12-10-8-14-7-9(2)4-5-11(14)13-10/h3-8,12H,1-2H3/b6-3+. The molecular weight excluding hydrogens is 174 g/mol. The molecule has 0 radical (unpaired) electrons. The summed E-state index contributed by atoms with van der Waals surface area (Å²) in [5.41, 5.74) is 2.19. The second kappa shape index (κ2) is 3.54. The van der Waals surface area contributed by atoms with Gasteiger partial charge >= 0.3 is 0 Å². The third kappa shape index (κ3) is 1.62. The first-order valence-corrected chi connectivity index (χ1v) is 4.62. The van der Waals surface area contributed by atoms with Crippen molar-refractivity contribution in [1.82, 2.24) is 9.38 Å². The number of anilines is 1. The summed E-state index contributed by atoms with van der Waals surface area (Å²) in [6.45, 7) is 4.03. The van der Waals surface area contributed by atoms with Crippen LogP contribution in [0.4, 0.5) is 5.82 Å². The van der Waals surface area contributed by atoms with E-state index in [2.05, 4.69) is 29.5 Å². The zero-order valence-electron chi connectivity index (χ0n) is 8.36. The number of aryl methyl sites for hydroxylation is 1. The number of rotatable bonds is 2. The van der Waals surface area contributed by atoms with Crippen LogP contribution in [0.5, 0.6) is 0 Å². The van der Waals surface area contributed by atoms with Gasteiger partial charge in [-0.1, -0.05) is 12.1 Å². The van der Waals surface area contributed by atoms with Crippen LogP contribution in [0.3, 0.4) is 0 Å². The molecule has 0 aromatic carbocycles. The highest BCUT2D eigenvalue weighted by molar-refractivity contribution is 5.50. The number of aromatic nitrogens is 2. The lowest BCUT2D eigenvalue weighted by atomic mass is 10.3. The van der Waals surface area contributed by atoms with Gasteiger partial charge in [0.15, 0.2) is 0 Å². The average molecular weight is 187 g/mol. The largest absolute Gasteiger partial charge is 0.346 e. The molecule has 0 bridgehead atoms. The molecule has 0 spiro atoms. The van der Waals surface area contributed by atoms with Gasteiger partial charge in [0, 0.05) is 6.20 Å². The van der Waals surface area contributed by atoms with Crippen LogP contribution in [0.25, 0.3) is 5.65 Å². The monoisotopic (exact) mass is 187 g/mol. The maximum atomic E-state index is 4.39. The Morgan fingerprint density at radius 1 is 1.36 bits per heavy atom. The van der Waals surface area contributed by atoms with Gasteiger partial charge in [0.2, 0.25) is 0 Å². The number of imidazole rings is 1. The fourth-order valence-electron chi connectivity index (χ4n) is 1.34. The molecule has 14 heavy (non-hydrogen) atoms. The highest BCUT2D eigenvalue weighted by atomic mass is 15.1. The summed E-state index contributed by atoms with van der Waals surface area (Å²) in [6.07, 6.45) is 7.84. The van der Waals surface area contributed by atoms with Gasteiger partial charge in [-0.2, -0.15) is 0 Å². The summed E-state index contributed by atoms with van der Waals surface area (Å²) < 4.78 is 2.02. The van der Waals surface area contributed by atoms with Crippen LogP contribution in [-0.4, -0.2) is 9.38 Å². The first kappa shape index (κ1) is 8.81. The van der Waals surface area contributed by atoms with Crippen LogP contribution in [0, 0.1) is 6.92 Å². The summed E-state index contributed by atoms with van der Waals surface area (Å²) in [4.78, 5) is 4.39. The lowest BCUT2D eigenvalue weighted by Crippen LogP contribution is -1.84. The number of allylic oxidation sites excluding steroid dienone is 1. The predicted molar refractivity (Wildman–Crippen MR) is 58.4 cm³/mol. The molecule has 0 atom stereocenters. The molecule has 0 aliphatic rings. The molecule has 3 heteroatoms. The van der Waals surface area contributed by atoms with Crippen LogP contribution < -0.4 is 5.32 Å². The van der Waals surface area contributed by atoms with Crippen molar-refractivity contribution in [3.05, 3.63) is 42.4 Å². The van der Waals surface area contributed by atoms with Crippen LogP contribution in [0.2, 0.25) is 0 Å². The van der Waals surface area contributed by atoms with E-state index in [9.17, 15) is 0 Å². The van der Waals surface area contributed by atoms with Gasteiger partial charge in [0.05, 0.1) is 6.20 Å². The molecule has 2 aromatic heterocycles. The first-order chi connectivity index (χ1) is 6.79. The molecule has 0 fully saturated rings. The molecule has 2 rings (SSSR count). The van der Waals surface area contributed by atoms with Crippen molar-refractivity contribution >= 4 is 11.5 Å². The van der Waals surface area contributed by atoms with E-state index in [0.29, 0.717) is 0 Å². The average Bonchev–Trinajstić information content (AvgIpc) is 2.56. The summed E-state index contributed by atoms with van der Waals surface area (Å²) in [6, 6.07) is 4.07. The van der Waals surface area contributed by atoms with Crippen molar-refractivity contribution in [3.63, 3.8) is 0 Å². The van der Waals surface area contributed by atoms with E-state index in [1.165, 1.54) is 5.56 Å².